The quantitative estimate of drug-likeness (QED) is 0.567. The first kappa shape index (κ1) is 22.2. The van der Waals surface area contributed by atoms with Gasteiger partial charge >= 0.3 is 0 Å². The molecule has 32 heavy (non-hydrogen) atoms. The van der Waals surface area contributed by atoms with Gasteiger partial charge in [-0.05, 0) is 53.8 Å². The van der Waals surface area contributed by atoms with Crippen LogP contribution in [0.5, 0.6) is 5.75 Å². The summed E-state index contributed by atoms with van der Waals surface area (Å²) in [4.78, 5) is 12.6. The van der Waals surface area contributed by atoms with E-state index in [9.17, 15) is 9.18 Å². The van der Waals surface area contributed by atoms with Crippen molar-refractivity contribution in [2.45, 2.75) is 45.6 Å². The van der Waals surface area contributed by atoms with Gasteiger partial charge in [0.25, 0.3) is 5.56 Å². The normalized spacial score (nSPS) is 18.2. The van der Waals surface area contributed by atoms with Crippen molar-refractivity contribution in [1.29, 1.82) is 0 Å². The Bertz CT molecular complexity index is 1080. The standard InChI is InChI=1S/C26H29FN2O3/c1-18(2)25-13-24(15-28-25)32-17-20-5-9-22(10-6-20)29-12-11-23(14-26(29)30)31-16-19-3-7-21(27)8-4-19/h3-12,14,18,24-25,28H,13,15-17H2,1-2H3/t24-,25-/m0/s1. The molecule has 1 aliphatic heterocycles. The van der Waals surface area contributed by atoms with Gasteiger partial charge in [-0.2, -0.15) is 0 Å². The van der Waals surface area contributed by atoms with Crippen molar-refractivity contribution in [3.63, 3.8) is 0 Å². The minimum absolute atomic E-state index is 0.178. The van der Waals surface area contributed by atoms with Gasteiger partial charge in [0.2, 0.25) is 0 Å². The first-order valence-corrected chi connectivity index (χ1v) is 11.0. The Morgan fingerprint density at radius 2 is 1.72 bits per heavy atom. The first-order valence-electron chi connectivity index (χ1n) is 11.0. The van der Waals surface area contributed by atoms with Crippen molar-refractivity contribution in [3.8, 4) is 11.4 Å². The molecule has 0 aliphatic carbocycles. The number of halogens is 1. The van der Waals surface area contributed by atoms with Gasteiger partial charge in [-0.25, -0.2) is 4.39 Å². The van der Waals surface area contributed by atoms with E-state index in [-0.39, 0.29) is 24.1 Å². The minimum Gasteiger partial charge on any atom is -0.489 e. The van der Waals surface area contributed by atoms with E-state index in [0.29, 0.717) is 24.3 Å². The molecule has 0 amide bonds. The molecule has 6 heteroatoms. The molecule has 1 aliphatic rings. The van der Waals surface area contributed by atoms with Crippen LogP contribution in [0.3, 0.4) is 0 Å². The van der Waals surface area contributed by atoms with E-state index >= 15 is 0 Å². The van der Waals surface area contributed by atoms with Gasteiger partial charge < -0.3 is 14.8 Å². The van der Waals surface area contributed by atoms with Gasteiger partial charge in [0, 0.05) is 30.5 Å². The largest absolute Gasteiger partial charge is 0.489 e. The summed E-state index contributed by atoms with van der Waals surface area (Å²) in [6, 6.07) is 17.6. The molecule has 0 unspecified atom stereocenters. The molecule has 2 atom stereocenters. The number of ether oxygens (including phenoxy) is 2. The highest BCUT2D eigenvalue weighted by Crippen LogP contribution is 2.19. The number of pyridine rings is 1. The number of aromatic nitrogens is 1. The Morgan fingerprint density at radius 3 is 2.38 bits per heavy atom. The van der Waals surface area contributed by atoms with E-state index in [1.807, 2.05) is 24.3 Å². The molecule has 1 aromatic heterocycles. The molecule has 1 N–H and O–H groups in total. The topological polar surface area (TPSA) is 52.5 Å². The van der Waals surface area contributed by atoms with Crippen LogP contribution in [-0.4, -0.2) is 23.3 Å². The van der Waals surface area contributed by atoms with Crippen LogP contribution in [0.4, 0.5) is 4.39 Å². The summed E-state index contributed by atoms with van der Waals surface area (Å²) in [5, 5.41) is 3.52. The average molecular weight is 437 g/mol. The van der Waals surface area contributed by atoms with Crippen LogP contribution in [-0.2, 0) is 18.0 Å². The monoisotopic (exact) mass is 436 g/mol. The molecule has 0 radical (unpaired) electrons. The van der Waals surface area contributed by atoms with Crippen LogP contribution in [0, 0.1) is 11.7 Å². The fourth-order valence-corrected chi connectivity index (χ4v) is 3.85. The molecular weight excluding hydrogens is 407 g/mol. The highest BCUT2D eigenvalue weighted by Gasteiger charge is 2.26. The number of nitrogens with zero attached hydrogens (tertiary/aromatic N) is 1. The van der Waals surface area contributed by atoms with Crippen molar-refractivity contribution in [2.75, 3.05) is 6.54 Å². The van der Waals surface area contributed by atoms with Gasteiger partial charge in [0.1, 0.15) is 18.2 Å². The predicted molar refractivity (Wildman–Crippen MR) is 123 cm³/mol. The molecule has 0 bridgehead atoms. The number of hydrogen-bond donors (Lipinski definition) is 1. The molecule has 5 nitrogen and oxygen atoms in total. The third kappa shape index (κ3) is 5.64. The van der Waals surface area contributed by atoms with Crippen LogP contribution in [0.1, 0.15) is 31.4 Å². The van der Waals surface area contributed by atoms with Crippen molar-refractivity contribution in [2.24, 2.45) is 5.92 Å². The maximum absolute atomic E-state index is 13.0. The lowest BCUT2D eigenvalue weighted by atomic mass is 10.0. The van der Waals surface area contributed by atoms with Crippen molar-refractivity contribution < 1.29 is 13.9 Å². The fraction of sp³-hybridized carbons (Fsp3) is 0.346. The van der Waals surface area contributed by atoms with Crippen molar-refractivity contribution in [1.82, 2.24) is 9.88 Å². The lowest BCUT2D eigenvalue weighted by Crippen LogP contribution is -2.26. The van der Waals surface area contributed by atoms with E-state index in [2.05, 4.69) is 19.2 Å². The molecule has 3 aromatic rings. The number of nitrogens with one attached hydrogen (secondary N) is 1. The summed E-state index contributed by atoms with van der Waals surface area (Å²) in [6.45, 7) is 6.18. The number of benzene rings is 2. The predicted octanol–water partition coefficient (Wildman–Crippen LogP) is 4.46. The molecule has 1 saturated heterocycles. The Morgan fingerprint density at radius 1 is 1.03 bits per heavy atom. The highest BCUT2D eigenvalue weighted by molar-refractivity contribution is 5.36. The Balaban J connectivity index is 1.33. The minimum atomic E-state index is -0.288. The zero-order valence-electron chi connectivity index (χ0n) is 18.5. The van der Waals surface area contributed by atoms with Crippen molar-refractivity contribution >= 4 is 0 Å². The number of hydrogen-bond acceptors (Lipinski definition) is 4. The molecule has 168 valence electrons. The highest BCUT2D eigenvalue weighted by atomic mass is 19.1. The molecule has 0 saturated carbocycles. The molecule has 2 heterocycles. The van der Waals surface area contributed by atoms with Gasteiger partial charge in [-0.15, -0.1) is 0 Å². The van der Waals surface area contributed by atoms with Crippen molar-refractivity contribution in [3.05, 3.63) is 94.2 Å². The molecule has 4 rings (SSSR count). The Hall–Kier alpha value is -2.96. The molecule has 2 aromatic carbocycles. The fourth-order valence-electron chi connectivity index (χ4n) is 3.85. The summed E-state index contributed by atoms with van der Waals surface area (Å²) >= 11 is 0. The van der Waals surface area contributed by atoms with Crippen LogP contribution >= 0.6 is 0 Å². The smallest absolute Gasteiger partial charge is 0.258 e. The lowest BCUT2D eigenvalue weighted by Gasteiger charge is -2.15. The SMILES string of the molecule is CC(C)[C@@H]1C[C@H](OCc2ccc(-n3ccc(OCc4ccc(F)cc4)cc3=O)cc2)CN1. The summed E-state index contributed by atoms with van der Waals surface area (Å²) in [5.41, 5.74) is 2.52. The Labute approximate surface area is 187 Å². The Kier molecular flexibility index (Phi) is 7.02. The van der Waals surface area contributed by atoms with Crippen LogP contribution in [0.25, 0.3) is 5.69 Å². The van der Waals surface area contributed by atoms with Crippen LogP contribution in [0.15, 0.2) is 71.7 Å². The molecule has 0 spiro atoms. The third-order valence-electron chi connectivity index (χ3n) is 5.84. The zero-order chi connectivity index (χ0) is 22.5. The van der Waals surface area contributed by atoms with E-state index in [1.165, 1.54) is 18.2 Å². The number of rotatable bonds is 8. The van der Waals surface area contributed by atoms with Gasteiger partial charge in [0.05, 0.1) is 12.7 Å². The second kappa shape index (κ2) is 10.1. The van der Waals surface area contributed by atoms with Gasteiger partial charge in [0.15, 0.2) is 0 Å². The van der Waals surface area contributed by atoms with Crippen LogP contribution < -0.4 is 15.6 Å². The lowest BCUT2D eigenvalue weighted by molar-refractivity contribution is 0.0517. The summed E-state index contributed by atoms with van der Waals surface area (Å²) in [7, 11) is 0. The summed E-state index contributed by atoms with van der Waals surface area (Å²) < 4.78 is 26.3. The maximum atomic E-state index is 13.0. The molecule has 1 fully saturated rings. The summed E-state index contributed by atoms with van der Waals surface area (Å²) in [5.74, 6) is 0.801. The maximum Gasteiger partial charge on any atom is 0.258 e. The van der Waals surface area contributed by atoms with Gasteiger partial charge in [-0.3, -0.25) is 9.36 Å². The molecular formula is C26H29FN2O3. The van der Waals surface area contributed by atoms with Crippen LogP contribution in [0.2, 0.25) is 0 Å². The zero-order valence-corrected chi connectivity index (χ0v) is 18.5. The van der Waals surface area contributed by atoms with E-state index in [1.54, 1.807) is 29.0 Å². The third-order valence-corrected chi connectivity index (χ3v) is 5.84. The average Bonchev–Trinajstić information content (AvgIpc) is 3.27. The second-order valence-corrected chi connectivity index (χ2v) is 8.58. The van der Waals surface area contributed by atoms with E-state index in [0.717, 1.165) is 29.8 Å². The van der Waals surface area contributed by atoms with Gasteiger partial charge in [-0.1, -0.05) is 38.1 Å². The van der Waals surface area contributed by atoms with E-state index in [4.69, 9.17) is 9.47 Å². The second-order valence-electron chi connectivity index (χ2n) is 8.58. The summed E-state index contributed by atoms with van der Waals surface area (Å²) in [6.07, 6.45) is 2.98. The van der Waals surface area contributed by atoms with E-state index < -0.39 is 0 Å². The first-order chi connectivity index (χ1) is 15.5.